The number of nitrogens with two attached hydrogens (primary N) is 1. The SMILES string of the molecule is CCC(C)CCc1nc(-c2cnc(C3CCCC3)nc2N)no1. The zero-order valence-electron chi connectivity index (χ0n) is 14.0. The Balaban J connectivity index is 1.72. The highest BCUT2D eigenvalue weighted by Crippen LogP contribution is 2.33. The van der Waals surface area contributed by atoms with E-state index in [4.69, 9.17) is 10.3 Å². The molecule has 2 N–H and O–H groups in total. The fourth-order valence-electron chi connectivity index (χ4n) is 3.00. The lowest BCUT2D eigenvalue weighted by Gasteiger charge is -2.08. The van der Waals surface area contributed by atoms with Crippen LogP contribution in [0, 0.1) is 5.92 Å². The van der Waals surface area contributed by atoms with Gasteiger partial charge in [-0.3, -0.25) is 0 Å². The highest BCUT2D eigenvalue weighted by atomic mass is 16.5. The monoisotopic (exact) mass is 315 g/mol. The van der Waals surface area contributed by atoms with Gasteiger partial charge in [-0.1, -0.05) is 38.3 Å². The summed E-state index contributed by atoms with van der Waals surface area (Å²) < 4.78 is 5.33. The van der Waals surface area contributed by atoms with Crippen molar-refractivity contribution >= 4 is 5.82 Å². The maximum Gasteiger partial charge on any atom is 0.226 e. The van der Waals surface area contributed by atoms with Gasteiger partial charge in [0.2, 0.25) is 11.7 Å². The number of anilines is 1. The molecule has 0 aliphatic heterocycles. The Bertz CT molecular complexity index is 648. The van der Waals surface area contributed by atoms with Gasteiger partial charge in [0.05, 0.1) is 5.56 Å². The minimum absolute atomic E-state index is 0.441. The number of hydrogen-bond donors (Lipinski definition) is 1. The molecule has 6 nitrogen and oxygen atoms in total. The largest absolute Gasteiger partial charge is 0.383 e. The van der Waals surface area contributed by atoms with Gasteiger partial charge in [-0.05, 0) is 25.2 Å². The van der Waals surface area contributed by atoms with Crippen molar-refractivity contribution in [3.8, 4) is 11.4 Å². The maximum atomic E-state index is 6.10. The summed E-state index contributed by atoms with van der Waals surface area (Å²) in [4.78, 5) is 13.4. The molecule has 2 aromatic heterocycles. The van der Waals surface area contributed by atoms with E-state index < -0.39 is 0 Å². The molecule has 1 atom stereocenters. The molecule has 1 unspecified atom stereocenters. The third-order valence-corrected chi connectivity index (χ3v) is 4.81. The first-order chi connectivity index (χ1) is 11.2. The van der Waals surface area contributed by atoms with Crippen LogP contribution in [-0.2, 0) is 6.42 Å². The number of aryl methyl sites for hydroxylation is 1. The molecular formula is C17H25N5O. The molecule has 0 spiro atoms. The van der Waals surface area contributed by atoms with Crippen LogP contribution in [0.1, 0.15) is 70.0 Å². The van der Waals surface area contributed by atoms with E-state index in [1.165, 1.54) is 12.8 Å². The smallest absolute Gasteiger partial charge is 0.226 e. The first-order valence-corrected chi connectivity index (χ1v) is 8.62. The molecule has 0 aromatic carbocycles. The van der Waals surface area contributed by atoms with Gasteiger partial charge in [-0.2, -0.15) is 4.98 Å². The first kappa shape index (κ1) is 15.9. The third-order valence-electron chi connectivity index (χ3n) is 4.81. The molecule has 23 heavy (non-hydrogen) atoms. The normalized spacial score (nSPS) is 16.8. The molecule has 6 heteroatoms. The Morgan fingerprint density at radius 2 is 2.09 bits per heavy atom. The average molecular weight is 315 g/mol. The quantitative estimate of drug-likeness (QED) is 0.873. The van der Waals surface area contributed by atoms with Crippen LogP contribution < -0.4 is 5.73 Å². The number of hydrogen-bond acceptors (Lipinski definition) is 6. The van der Waals surface area contributed by atoms with E-state index in [1.807, 2.05) is 0 Å². The molecule has 0 amide bonds. The van der Waals surface area contributed by atoms with Gasteiger partial charge in [-0.15, -0.1) is 0 Å². The summed E-state index contributed by atoms with van der Waals surface area (Å²) in [5.41, 5.74) is 6.76. The summed E-state index contributed by atoms with van der Waals surface area (Å²) in [7, 11) is 0. The van der Waals surface area contributed by atoms with Crippen LogP contribution >= 0.6 is 0 Å². The van der Waals surface area contributed by atoms with Crippen LogP contribution in [-0.4, -0.2) is 20.1 Å². The predicted octanol–water partition coefficient (Wildman–Crippen LogP) is 3.75. The van der Waals surface area contributed by atoms with Gasteiger partial charge in [0, 0.05) is 18.5 Å². The van der Waals surface area contributed by atoms with E-state index in [0.717, 1.165) is 37.9 Å². The number of rotatable bonds is 6. The molecular weight excluding hydrogens is 290 g/mol. The summed E-state index contributed by atoms with van der Waals surface area (Å²) in [6.07, 6.45) is 9.54. The van der Waals surface area contributed by atoms with Crippen molar-refractivity contribution in [2.75, 3.05) is 5.73 Å². The first-order valence-electron chi connectivity index (χ1n) is 8.62. The molecule has 1 fully saturated rings. The van der Waals surface area contributed by atoms with Gasteiger partial charge >= 0.3 is 0 Å². The summed E-state index contributed by atoms with van der Waals surface area (Å²) in [6.45, 7) is 4.42. The summed E-state index contributed by atoms with van der Waals surface area (Å²) in [6, 6.07) is 0. The number of aromatic nitrogens is 4. The van der Waals surface area contributed by atoms with Crippen LogP contribution in [0.3, 0.4) is 0 Å². The van der Waals surface area contributed by atoms with E-state index in [-0.39, 0.29) is 0 Å². The van der Waals surface area contributed by atoms with Crippen LogP contribution in [0.25, 0.3) is 11.4 Å². The second kappa shape index (κ2) is 7.06. The second-order valence-corrected chi connectivity index (χ2v) is 6.57. The van der Waals surface area contributed by atoms with Crippen molar-refractivity contribution in [2.24, 2.45) is 5.92 Å². The van der Waals surface area contributed by atoms with E-state index >= 15 is 0 Å². The zero-order chi connectivity index (χ0) is 16.2. The van der Waals surface area contributed by atoms with E-state index in [2.05, 4.69) is 34.0 Å². The molecule has 2 heterocycles. The predicted molar refractivity (Wildman–Crippen MR) is 88.7 cm³/mol. The molecule has 1 saturated carbocycles. The van der Waals surface area contributed by atoms with Crippen molar-refractivity contribution in [2.45, 2.75) is 64.7 Å². The molecule has 3 rings (SSSR count). The highest BCUT2D eigenvalue weighted by molar-refractivity contribution is 5.66. The standard InChI is InChI=1S/C17H25N5O/c1-3-11(2)8-9-14-20-17(22-23-14)13-10-19-16(21-15(13)18)12-6-4-5-7-12/h10-12H,3-9H2,1-2H3,(H2,18,19,21). The fourth-order valence-corrected chi connectivity index (χ4v) is 3.00. The highest BCUT2D eigenvalue weighted by Gasteiger charge is 2.21. The molecule has 1 aliphatic carbocycles. The Hall–Kier alpha value is -1.98. The molecule has 0 radical (unpaired) electrons. The lowest BCUT2D eigenvalue weighted by atomic mass is 10.0. The Kier molecular flexibility index (Phi) is 4.88. The lowest BCUT2D eigenvalue weighted by Crippen LogP contribution is -2.05. The van der Waals surface area contributed by atoms with Crippen molar-refractivity contribution in [1.82, 2.24) is 20.1 Å². The molecule has 0 bridgehead atoms. The Labute approximate surface area is 136 Å². The van der Waals surface area contributed by atoms with Gasteiger partial charge in [0.25, 0.3) is 0 Å². The summed E-state index contributed by atoms with van der Waals surface area (Å²) >= 11 is 0. The van der Waals surface area contributed by atoms with Crippen LogP contribution in [0.4, 0.5) is 5.82 Å². The van der Waals surface area contributed by atoms with Crippen molar-refractivity contribution in [3.63, 3.8) is 0 Å². The molecule has 124 valence electrons. The summed E-state index contributed by atoms with van der Waals surface area (Å²) in [5.74, 6) is 3.53. The lowest BCUT2D eigenvalue weighted by molar-refractivity contribution is 0.364. The van der Waals surface area contributed by atoms with E-state index in [1.54, 1.807) is 6.20 Å². The van der Waals surface area contributed by atoms with E-state index in [9.17, 15) is 0 Å². The number of nitrogen functional groups attached to an aromatic ring is 1. The molecule has 2 aromatic rings. The van der Waals surface area contributed by atoms with E-state index in [0.29, 0.717) is 34.9 Å². The van der Waals surface area contributed by atoms with Crippen LogP contribution in [0.2, 0.25) is 0 Å². The zero-order valence-corrected chi connectivity index (χ0v) is 14.0. The van der Waals surface area contributed by atoms with Gasteiger partial charge in [-0.25, -0.2) is 9.97 Å². The Morgan fingerprint density at radius 1 is 1.30 bits per heavy atom. The van der Waals surface area contributed by atoms with Gasteiger partial charge < -0.3 is 10.3 Å². The molecule has 0 saturated heterocycles. The van der Waals surface area contributed by atoms with Gasteiger partial charge in [0.1, 0.15) is 11.6 Å². The minimum atomic E-state index is 0.441. The average Bonchev–Trinajstić information content (AvgIpc) is 3.24. The van der Waals surface area contributed by atoms with Crippen molar-refractivity contribution in [3.05, 3.63) is 17.9 Å². The number of nitrogens with zero attached hydrogens (tertiary/aromatic N) is 4. The topological polar surface area (TPSA) is 90.7 Å². The second-order valence-electron chi connectivity index (χ2n) is 6.57. The van der Waals surface area contributed by atoms with Crippen LogP contribution in [0.5, 0.6) is 0 Å². The summed E-state index contributed by atoms with van der Waals surface area (Å²) in [5, 5.41) is 4.03. The Morgan fingerprint density at radius 3 is 2.78 bits per heavy atom. The minimum Gasteiger partial charge on any atom is -0.383 e. The molecule has 1 aliphatic rings. The fraction of sp³-hybridized carbons (Fsp3) is 0.647. The van der Waals surface area contributed by atoms with Crippen molar-refractivity contribution in [1.29, 1.82) is 0 Å². The maximum absolute atomic E-state index is 6.10. The van der Waals surface area contributed by atoms with Crippen LogP contribution in [0.15, 0.2) is 10.7 Å². The van der Waals surface area contributed by atoms with Crippen molar-refractivity contribution < 1.29 is 4.52 Å². The van der Waals surface area contributed by atoms with Gasteiger partial charge in [0.15, 0.2) is 0 Å². The third kappa shape index (κ3) is 3.68.